The second kappa shape index (κ2) is 10.7. The van der Waals surface area contributed by atoms with Crippen LogP contribution in [0.2, 0.25) is 25.1 Å². The Bertz CT molecular complexity index is 895. The largest absolute Gasteiger partial charge is 0.493 e. The second-order valence-electron chi connectivity index (χ2n) is 5.10. The van der Waals surface area contributed by atoms with Gasteiger partial charge in [-0.1, -0.05) is 58.0 Å². The van der Waals surface area contributed by atoms with Crippen LogP contribution in [0.3, 0.4) is 0 Å². The third-order valence-corrected chi connectivity index (χ3v) is 6.93. The number of thioether (sulfide) groups is 1. The molecular weight excluding hydrogens is 490 g/mol. The Hall–Kier alpha value is -1.02. The molecule has 2 aromatic rings. The number of amides is 1. The minimum absolute atomic E-state index is 0.0169. The Morgan fingerprint density at radius 1 is 1.00 bits per heavy atom. The van der Waals surface area contributed by atoms with E-state index in [1.807, 2.05) is 0 Å². The van der Waals surface area contributed by atoms with Crippen LogP contribution in [-0.4, -0.2) is 32.1 Å². The van der Waals surface area contributed by atoms with Crippen molar-refractivity contribution in [2.45, 2.75) is 4.90 Å². The summed E-state index contributed by atoms with van der Waals surface area (Å²) >= 11 is 31.3. The molecule has 0 fully saturated rings. The number of hydrogen-bond donors (Lipinski definition) is 1. The molecule has 0 radical (unpaired) electrons. The van der Waals surface area contributed by atoms with Gasteiger partial charge in [0.25, 0.3) is 0 Å². The summed E-state index contributed by atoms with van der Waals surface area (Å²) in [4.78, 5) is 12.4. The molecule has 0 saturated heterocycles. The fourth-order valence-electron chi connectivity index (χ4n) is 1.99. The van der Waals surface area contributed by atoms with Crippen LogP contribution in [0.15, 0.2) is 28.2 Å². The number of ether oxygens (including phenoxy) is 2. The Morgan fingerprint density at radius 3 is 2.14 bits per heavy atom. The van der Waals surface area contributed by atoms with Gasteiger partial charge in [0.1, 0.15) is 0 Å². The van der Waals surface area contributed by atoms with Gasteiger partial charge in [-0.25, -0.2) is 5.43 Å². The lowest BCUT2D eigenvalue weighted by Gasteiger charge is -2.11. The fraction of sp³-hybridized carbons (Fsp3) is 0.176. The summed E-state index contributed by atoms with van der Waals surface area (Å²) in [6.45, 7) is 0. The van der Waals surface area contributed by atoms with Gasteiger partial charge in [0.05, 0.1) is 51.3 Å². The van der Waals surface area contributed by atoms with Gasteiger partial charge in [-0.05, 0) is 23.8 Å². The number of nitrogens with zero attached hydrogens (tertiary/aromatic N) is 1. The van der Waals surface area contributed by atoms with E-state index in [9.17, 15) is 4.79 Å². The van der Waals surface area contributed by atoms with Crippen molar-refractivity contribution in [1.29, 1.82) is 0 Å². The first-order chi connectivity index (χ1) is 13.3. The molecule has 1 amide bonds. The normalized spacial score (nSPS) is 11.0. The number of carbonyl (C=O) groups is 1. The van der Waals surface area contributed by atoms with Crippen LogP contribution in [0, 0.1) is 0 Å². The second-order valence-corrected chi connectivity index (χ2v) is 7.97. The Morgan fingerprint density at radius 2 is 1.57 bits per heavy atom. The van der Waals surface area contributed by atoms with E-state index in [1.54, 1.807) is 25.3 Å². The highest BCUT2D eigenvalue weighted by molar-refractivity contribution is 8.00. The summed E-state index contributed by atoms with van der Waals surface area (Å²) in [5.74, 6) is 0.746. The molecule has 11 heteroatoms. The van der Waals surface area contributed by atoms with E-state index in [4.69, 9.17) is 67.5 Å². The molecule has 0 unspecified atom stereocenters. The quantitative estimate of drug-likeness (QED) is 0.161. The van der Waals surface area contributed by atoms with Crippen LogP contribution in [0.1, 0.15) is 5.56 Å². The van der Waals surface area contributed by atoms with Gasteiger partial charge in [-0.3, -0.25) is 4.79 Å². The highest BCUT2D eigenvalue weighted by Gasteiger charge is 2.20. The van der Waals surface area contributed by atoms with E-state index >= 15 is 0 Å². The van der Waals surface area contributed by atoms with Gasteiger partial charge >= 0.3 is 0 Å². The summed E-state index contributed by atoms with van der Waals surface area (Å²) in [6.07, 6.45) is 1.47. The molecule has 2 aromatic carbocycles. The average Bonchev–Trinajstić information content (AvgIpc) is 2.70. The van der Waals surface area contributed by atoms with Crippen molar-refractivity contribution in [3.63, 3.8) is 0 Å². The minimum atomic E-state index is -0.379. The summed E-state index contributed by atoms with van der Waals surface area (Å²) in [5.41, 5.74) is 3.12. The highest BCUT2D eigenvalue weighted by Crippen LogP contribution is 2.47. The molecule has 0 saturated carbocycles. The van der Waals surface area contributed by atoms with Gasteiger partial charge in [0.2, 0.25) is 5.91 Å². The molecule has 0 aliphatic heterocycles. The Labute approximate surface area is 191 Å². The van der Waals surface area contributed by atoms with E-state index in [0.717, 1.165) is 11.8 Å². The number of benzene rings is 2. The molecule has 0 spiro atoms. The third-order valence-electron chi connectivity index (χ3n) is 3.33. The molecule has 5 nitrogen and oxygen atoms in total. The zero-order chi connectivity index (χ0) is 20.8. The number of hydrogen-bond acceptors (Lipinski definition) is 5. The van der Waals surface area contributed by atoms with E-state index in [0.29, 0.717) is 22.0 Å². The SMILES string of the molecule is COc1ccc(C=NNC(=O)CSc2c(Cl)c(Cl)c(Cl)c(Cl)c2Cl)cc1OC. The molecule has 0 aliphatic rings. The standard InChI is InChI=1S/C17H13Cl5N2O3S/c1-26-9-4-3-8(5-10(9)27-2)6-23-24-11(25)7-28-17-15(21)13(19)12(18)14(20)16(17)22/h3-6H,7H2,1-2H3,(H,24,25). The van der Waals surface area contributed by atoms with E-state index in [-0.39, 0.29) is 36.8 Å². The van der Waals surface area contributed by atoms with Crippen LogP contribution < -0.4 is 14.9 Å². The first-order valence-electron chi connectivity index (χ1n) is 7.48. The molecular formula is C17H13Cl5N2O3S. The van der Waals surface area contributed by atoms with Crippen molar-refractivity contribution in [1.82, 2.24) is 5.43 Å². The van der Waals surface area contributed by atoms with Crippen molar-refractivity contribution in [2.24, 2.45) is 5.10 Å². The molecule has 0 aliphatic carbocycles. The number of rotatable bonds is 7. The van der Waals surface area contributed by atoms with E-state index in [1.165, 1.54) is 13.3 Å². The van der Waals surface area contributed by atoms with Crippen molar-refractivity contribution in [2.75, 3.05) is 20.0 Å². The maximum atomic E-state index is 12.0. The molecule has 0 aromatic heterocycles. The van der Waals surface area contributed by atoms with Gasteiger partial charge in [0.15, 0.2) is 11.5 Å². The minimum Gasteiger partial charge on any atom is -0.493 e. The molecule has 28 heavy (non-hydrogen) atoms. The van der Waals surface area contributed by atoms with Crippen LogP contribution in [0.25, 0.3) is 0 Å². The Kier molecular flexibility index (Phi) is 8.86. The first kappa shape index (κ1) is 23.3. The molecule has 0 heterocycles. The molecule has 0 atom stereocenters. The molecule has 1 N–H and O–H groups in total. The van der Waals surface area contributed by atoms with Crippen LogP contribution in [-0.2, 0) is 4.79 Å². The maximum Gasteiger partial charge on any atom is 0.250 e. The van der Waals surface area contributed by atoms with Crippen molar-refractivity contribution in [3.05, 3.63) is 48.9 Å². The molecule has 0 bridgehead atoms. The van der Waals surface area contributed by atoms with E-state index in [2.05, 4.69) is 10.5 Å². The average molecular weight is 503 g/mol. The topological polar surface area (TPSA) is 59.9 Å². The first-order valence-corrected chi connectivity index (χ1v) is 10.4. The predicted octanol–water partition coefficient (Wildman–Crippen LogP) is 6.21. The number of hydrazone groups is 1. The maximum absolute atomic E-state index is 12.0. The number of nitrogens with one attached hydrogen (secondary N) is 1. The van der Waals surface area contributed by atoms with Crippen LogP contribution in [0.4, 0.5) is 0 Å². The lowest BCUT2D eigenvalue weighted by atomic mass is 10.2. The van der Waals surface area contributed by atoms with Crippen molar-refractivity contribution in [3.8, 4) is 11.5 Å². The van der Waals surface area contributed by atoms with Gasteiger partial charge in [-0.15, -0.1) is 11.8 Å². The molecule has 150 valence electrons. The lowest BCUT2D eigenvalue weighted by molar-refractivity contribution is -0.118. The van der Waals surface area contributed by atoms with Gasteiger partial charge < -0.3 is 9.47 Å². The number of carbonyl (C=O) groups excluding carboxylic acids is 1. The van der Waals surface area contributed by atoms with Crippen molar-refractivity contribution < 1.29 is 14.3 Å². The zero-order valence-corrected chi connectivity index (χ0v) is 19.1. The Balaban J connectivity index is 2.00. The van der Waals surface area contributed by atoms with E-state index < -0.39 is 0 Å². The highest BCUT2D eigenvalue weighted by atomic mass is 35.5. The zero-order valence-electron chi connectivity index (χ0n) is 14.5. The summed E-state index contributed by atoms with van der Waals surface area (Å²) in [7, 11) is 3.08. The van der Waals surface area contributed by atoms with Crippen LogP contribution in [0.5, 0.6) is 11.5 Å². The predicted molar refractivity (Wildman–Crippen MR) is 117 cm³/mol. The van der Waals surface area contributed by atoms with Crippen molar-refractivity contribution >= 4 is 81.9 Å². The monoisotopic (exact) mass is 500 g/mol. The fourth-order valence-corrected chi connectivity index (χ4v) is 4.37. The molecule has 2 rings (SSSR count). The number of methoxy groups -OCH3 is 2. The third kappa shape index (κ3) is 5.53. The lowest BCUT2D eigenvalue weighted by Crippen LogP contribution is -2.19. The van der Waals surface area contributed by atoms with Gasteiger partial charge in [-0.2, -0.15) is 5.10 Å². The van der Waals surface area contributed by atoms with Gasteiger partial charge in [0, 0.05) is 4.90 Å². The number of halogens is 5. The smallest absolute Gasteiger partial charge is 0.250 e. The summed E-state index contributed by atoms with van der Waals surface area (Å²) in [5, 5.41) is 4.38. The van der Waals surface area contributed by atoms with Crippen LogP contribution >= 0.6 is 69.8 Å². The summed E-state index contributed by atoms with van der Waals surface area (Å²) in [6, 6.07) is 5.22. The summed E-state index contributed by atoms with van der Waals surface area (Å²) < 4.78 is 10.4.